The van der Waals surface area contributed by atoms with Gasteiger partial charge in [0.15, 0.2) is 11.5 Å². The summed E-state index contributed by atoms with van der Waals surface area (Å²) in [6, 6.07) is 28.4. The quantitative estimate of drug-likeness (QED) is 0.247. The molecule has 8 heteroatoms. The van der Waals surface area contributed by atoms with Gasteiger partial charge < -0.3 is 20.5 Å². The first kappa shape index (κ1) is 22.8. The maximum atomic E-state index is 12.6. The zero-order chi connectivity index (χ0) is 24.9. The normalized spacial score (nSPS) is 10.6. The number of anilines is 5. The van der Waals surface area contributed by atoms with Crippen LogP contribution in [0.25, 0.3) is 11.3 Å². The van der Waals surface area contributed by atoms with Crippen molar-refractivity contribution in [2.75, 3.05) is 16.0 Å². The number of hydrogen-bond donors (Lipinski definition) is 3. The van der Waals surface area contributed by atoms with Crippen LogP contribution in [0.3, 0.4) is 0 Å². The number of amides is 1. The predicted octanol–water partition coefficient (Wildman–Crippen LogP) is 6.49. The monoisotopic (exact) mass is 476 g/mol. The summed E-state index contributed by atoms with van der Waals surface area (Å²) in [7, 11) is 0. The van der Waals surface area contributed by atoms with Gasteiger partial charge in [0.05, 0.1) is 0 Å². The molecule has 0 fully saturated rings. The molecule has 1 amide bonds. The van der Waals surface area contributed by atoms with Gasteiger partial charge in [0.1, 0.15) is 5.82 Å². The van der Waals surface area contributed by atoms with E-state index < -0.39 is 0 Å². The number of rotatable bonds is 7. The number of benzene rings is 3. The van der Waals surface area contributed by atoms with E-state index in [9.17, 15) is 4.79 Å². The van der Waals surface area contributed by atoms with E-state index in [2.05, 4.69) is 31.1 Å². The van der Waals surface area contributed by atoms with Crippen molar-refractivity contribution in [3.8, 4) is 11.3 Å². The lowest BCUT2D eigenvalue weighted by Crippen LogP contribution is -2.12. The third-order valence-electron chi connectivity index (χ3n) is 5.38. The van der Waals surface area contributed by atoms with Crippen LogP contribution >= 0.6 is 0 Å². The Morgan fingerprint density at radius 2 is 1.42 bits per heavy atom. The summed E-state index contributed by atoms with van der Waals surface area (Å²) < 4.78 is 5.32. The zero-order valence-corrected chi connectivity index (χ0v) is 19.8. The molecule has 0 unspecified atom stereocenters. The Balaban J connectivity index is 1.23. The topological polar surface area (TPSA) is 105 Å². The summed E-state index contributed by atoms with van der Waals surface area (Å²) in [5.74, 6) is 1.36. The van der Waals surface area contributed by atoms with Crippen molar-refractivity contribution in [2.45, 2.75) is 13.8 Å². The Hall–Kier alpha value is -4.98. The number of nitrogens with one attached hydrogen (secondary N) is 3. The molecule has 0 saturated heterocycles. The summed E-state index contributed by atoms with van der Waals surface area (Å²) in [5, 5.41) is 13.2. The van der Waals surface area contributed by atoms with Gasteiger partial charge in [-0.25, -0.2) is 4.98 Å². The standard InChI is InChI=1S/C28H24N6O2/c1-18-8-10-23(11-9-18)32-28-29-19(2)16-26(33-28)30-21-12-14-22(15-13-21)31-27(35)24-17-25(36-34-24)20-6-4-3-5-7-20/h3-17H,1-2H3,(H,31,35)(H2,29,30,32,33). The van der Waals surface area contributed by atoms with Crippen LogP contribution < -0.4 is 16.0 Å². The van der Waals surface area contributed by atoms with E-state index in [1.807, 2.05) is 86.6 Å². The van der Waals surface area contributed by atoms with Crippen molar-refractivity contribution >= 4 is 34.7 Å². The highest BCUT2D eigenvalue weighted by molar-refractivity contribution is 6.03. The molecule has 5 rings (SSSR count). The lowest BCUT2D eigenvalue weighted by Gasteiger charge is -2.11. The largest absolute Gasteiger partial charge is 0.355 e. The van der Waals surface area contributed by atoms with Crippen LogP contribution in [0.5, 0.6) is 0 Å². The first-order valence-corrected chi connectivity index (χ1v) is 11.4. The van der Waals surface area contributed by atoms with Crippen molar-refractivity contribution < 1.29 is 9.32 Å². The van der Waals surface area contributed by atoms with Crippen LogP contribution in [0.15, 0.2) is 95.5 Å². The number of hydrogen-bond acceptors (Lipinski definition) is 7. The Bertz CT molecular complexity index is 1480. The summed E-state index contributed by atoms with van der Waals surface area (Å²) in [4.78, 5) is 21.6. The maximum Gasteiger partial charge on any atom is 0.277 e. The second kappa shape index (κ2) is 10.1. The molecule has 0 spiro atoms. The van der Waals surface area contributed by atoms with Gasteiger partial charge in [-0.05, 0) is 50.2 Å². The highest BCUT2D eigenvalue weighted by Gasteiger charge is 2.14. The summed E-state index contributed by atoms with van der Waals surface area (Å²) in [6.45, 7) is 3.96. The molecule has 5 aromatic rings. The second-order valence-corrected chi connectivity index (χ2v) is 8.31. The van der Waals surface area contributed by atoms with E-state index >= 15 is 0 Å². The van der Waals surface area contributed by atoms with Crippen LogP contribution in [-0.2, 0) is 0 Å². The number of aromatic nitrogens is 3. The third-order valence-corrected chi connectivity index (χ3v) is 5.38. The number of aryl methyl sites for hydroxylation is 2. The average Bonchev–Trinajstić information content (AvgIpc) is 3.38. The third kappa shape index (κ3) is 5.56. The van der Waals surface area contributed by atoms with Gasteiger partial charge in [-0.2, -0.15) is 4.98 Å². The van der Waals surface area contributed by atoms with Crippen molar-refractivity contribution in [3.05, 3.63) is 108 Å². The van der Waals surface area contributed by atoms with Crippen molar-refractivity contribution in [2.24, 2.45) is 0 Å². The van der Waals surface area contributed by atoms with Crippen LogP contribution in [0.1, 0.15) is 21.7 Å². The van der Waals surface area contributed by atoms with Crippen LogP contribution in [0.2, 0.25) is 0 Å². The van der Waals surface area contributed by atoms with Gasteiger partial charge >= 0.3 is 0 Å². The van der Waals surface area contributed by atoms with E-state index in [1.165, 1.54) is 5.56 Å². The van der Waals surface area contributed by atoms with E-state index in [0.717, 1.165) is 22.6 Å². The summed E-state index contributed by atoms with van der Waals surface area (Å²) >= 11 is 0. The lowest BCUT2D eigenvalue weighted by molar-refractivity contribution is 0.101. The molecule has 3 N–H and O–H groups in total. The first-order valence-electron chi connectivity index (χ1n) is 11.4. The smallest absolute Gasteiger partial charge is 0.277 e. The number of carbonyl (C=O) groups is 1. The van der Waals surface area contributed by atoms with E-state index in [4.69, 9.17) is 4.52 Å². The lowest BCUT2D eigenvalue weighted by atomic mass is 10.1. The fourth-order valence-electron chi connectivity index (χ4n) is 3.56. The highest BCUT2D eigenvalue weighted by atomic mass is 16.5. The first-order chi connectivity index (χ1) is 17.5. The fraction of sp³-hybridized carbons (Fsp3) is 0.0714. The van der Waals surface area contributed by atoms with Crippen LogP contribution in [0.4, 0.5) is 28.8 Å². The van der Waals surface area contributed by atoms with Crippen molar-refractivity contribution in [3.63, 3.8) is 0 Å². The molecule has 178 valence electrons. The van der Waals surface area contributed by atoms with Crippen molar-refractivity contribution in [1.29, 1.82) is 0 Å². The maximum absolute atomic E-state index is 12.6. The molecule has 0 bridgehead atoms. The van der Waals surface area contributed by atoms with Crippen LogP contribution in [-0.4, -0.2) is 21.0 Å². The van der Waals surface area contributed by atoms with Gasteiger partial charge in [-0.3, -0.25) is 4.79 Å². The SMILES string of the molecule is Cc1ccc(Nc2nc(C)cc(Nc3ccc(NC(=O)c4cc(-c5ccccc5)on4)cc3)n2)cc1. The van der Waals surface area contributed by atoms with Gasteiger partial charge in [0.2, 0.25) is 5.95 Å². The number of carbonyl (C=O) groups excluding carboxylic acids is 1. The molecular weight excluding hydrogens is 452 g/mol. The van der Waals surface area contributed by atoms with Crippen molar-refractivity contribution in [1.82, 2.24) is 15.1 Å². The van der Waals surface area contributed by atoms with E-state index in [0.29, 0.717) is 23.2 Å². The van der Waals surface area contributed by atoms with Gasteiger partial charge in [-0.1, -0.05) is 53.2 Å². The van der Waals surface area contributed by atoms with Gasteiger partial charge in [0.25, 0.3) is 5.91 Å². The van der Waals surface area contributed by atoms with Crippen LogP contribution in [0, 0.1) is 13.8 Å². The minimum atomic E-state index is -0.347. The molecular formula is C28H24N6O2. The second-order valence-electron chi connectivity index (χ2n) is 8.31. The zero-order valence-electron chi connectivity index (χ0n) is 19.8. The van der Waals surface area contributed by atoms with Gasteiger partial charge in [-0.15, -0.1) is 0 Å². The molecule has 0 aliphatic heterocycles. The average molecular weight is 477 g/mol. The molecule has 3 aromatic carbocycles. The Kier molecular flexibility index (Phi) is 6.40. The Labute approximate surface area is 208 Å². The molecule has 2 heterocycles. The highest BCUT2D eigenvalue weighted by Crippen LogP contribution is 2.23. The Morgan fingerprint density at radius 1 is 0.750 bits per heavy atom. The minimum absolute atomic E-state index is 0.209. The molecule has 0 atom stereocenters. The van der Waals surface area contributed by atoms with E-state index in [-0.39, 0.29) is 11.6 Å². The summed E-state index contributed by atoms with van der Waals surface area (Å²) in [6.07, 6.45) is 0. The summed E-state index contributed by atoms with van der Waals surface area (Å²) in [5.41, 5.74) is 5.45. The fourth-order valence-corrected chi connectivity index (χ4v) is 3.56. The molecule has 0 aliphatic rings. The Morgan fingerprint density at radius 3 is 2.17 bits per heavy atom. The molecule has 0 saturated carbocycles. The minimum Gasteiger partial charge on any atom is -0.355 e. The molecule has 0 aliphatic carbocycles. The molecule has 8 nitrogen and oxygen atoms in total. The van der Waals surface area contributed by atoms with E-state index in [1.54, 1.807) is 18.2 Å². The van der Waals surface area contributed by atoms with Gasteiger partial charge in [0, 0.05) is 40.5 Å². The molecule has 36 heavy (non-hydrogen) atoms. The number of nitrogens with zero attached hydrogens (tertiary/aromatic N) is 3. The molecule has 0 radical (unpaired) electrons. The predicted molar refractivity (Wildman–Crippen MR) is 141 cm³/mol. The molecule has 2 aromatic heterocycles.